The number of rotatable bonds is 7. The van der Waals surface area contributed by atoms with E-state index in [1.54, 1.807) is 12.1 Å². The van der Waals surface area contributed by atoms with Crippen LogP contribution in [0.25, 0.3) is 0 Å². The van der Waals surface area contributed by atoms with Gasteiger partial charge in [-0.15, -0.1) is 0 Å². The first-order chi connectivity index (χ1) is 11.9. The van der Waals surface area contributed by atoms with Crippen LogP contribution in [-0.2, 0) is 5.41 Å². The van der Waals surface area contributed by atoms with Gasteiger partial charge in [0, 0.05) is 25.0 Å². The van der Waals surface area contributed by atoms with Crippen LogP contribution in [0.3, 0.4) is 0 Å². The van der Waals surface area contributed by atoms with Crippen LogP contribution in [0.4, 0.5) is 4.39 Å². The minimum atomic E-state index is -0.211. The van der Waals surface area contributed by atoms with Crippen molar-refractivity contribution < 1.29 is 4.39 Å². The highest BCUT2D eigenvalue weighted by atomic mass is 19.1. The minimum Gasteiger partial charge on any atom is -0.357 e. The van der Waals surface area contributed by atoms with Crippen LogP contribution in [0.2, 0.25) is 0 Å². The van der Waals surface area contributed by atoms with E-state index in [2.05, 4.69) is 43.2 Å². The van der Waals surface area contributed by atoms with Crippen LogP contribution >= 0.6 is 0 Å². The Bertz CT molecular complexity index is 571. The molecule has 1 unspecified atom stereocenters. The number of hydrogen-bond donors (Lipinski definition) is 2. The third kappa shape index (κ3) is 5.99. The van der Waals surface area contributed by atoms with Crippen LogP contribution in [0.1, 0.15) is 39.7 Å². The van der Waals surface area contributed by atoms with Crippen molar-refractivity contribution in [2.45, 2.75) is 39.5 Å². The maximum atomic E-state index is 13.5. The molecule has 2 N–H and O–H groups in total. The molecule has 0 amide bonds. The Labute approximate surface area is 151 Å². The molecule has 1 heterocycles. The summed E-state index contributed by atoms with van der Waals surface area (Å²) in [5, 5.41) is 6.80. The third-order valence-electron chi connectivity index (χ3n) is 4.96. The minimum absolute atomic E-state index is 0.193. The maximum Gasteiger partial charge on any atom is 0.191 e. The van der Waals surface area contributed by atoms with Crippen molar-refractivity contribution in [1.29, 1.82) is 0 Å². The zero-order valence-corrected chi connectivity index (χ0v) is 16.1. The van der Waals surface area contributed by atoms with Gasteiger partial charge in [0.1, 0.15) is 5.82 Å². The van der Waals surface area contributed by atoms with Gasteiger partial charge in [0.25, 0.3) is 0 Å². The van der Waals surface area contributed by atoms with Gasteiger partial charge in [0.15, 0.2) is 5.96 Å². The molecular weight excluding hydrogens is 315 g/mol. The SMILES string of the molecule is CCNC(=NCC(C)(C)c1cccc(F)c1)NCC1CCN(CC)C1. The van der Waals surface area contributed by atoms with Gasteiger partial charge in [-0.25, -0.2) is 4.39 Å². The Kier molecular flexibility index (Phi) is 7.24. The summed E-state index contributed by atoms with van der Waals surface area (Å²) in [6.45, 7) is 14.4. The number of halogens is 1. The molecule has 1 fully saturated rings. The van der Waals surface area contributed by atoms with Crippen LogP contribution in [0.5, 0.6) is 0 Å². The average Bonchev–Trinajstić information content (AvgIpc) is 3.05. The van der Waals surface area contributed by atoms with E-state index in [1.807, 2.05) is 6.07 Å². The third-order valence-corrected chi connectivity index (χ3v) is 4.96. The second-order valence-electron chi connectivity index (χ2n) is 7.52. The lowest BCUT2D eigenvalue weighted by Crippen LogP contribution is -2.41. The van der Waals surface area contributed by atoms with Crippen LogP contribution in [0.15, 0.2) is 29.3 Å². The Morgan fingerprint density at radius 2 is 2.12 bits per heavy atom. The average molecular weight is 349 g/mol. The van der Waals surface area contributed by atoms with E-state index in [4.69, 9.17) is 4.99 Å². The second kappa shape index (κ2) is 9.18. The summed E-state index contributed by atoms with van der Waals surface area (Å²) >= 11 is 0. The molecule has 4 nitrogen and oxygen atoms in total. The first-order valence-electron chi connectivity index (χ1n) is 9.45. The predicted octanol–water partition coefficient (Wildman–Crippen LogP) is 3.00. The molecule has 1 aromatic carbocycles. The topological polar surface area (TPSA) is 39.7 Å². The summed E-state index contributed by atoms with van der Waals surface area (Å²) in [5.41, 5.74) is 0.762. The van der Waals surface area contributed by atoms with Crippen LogP contribution in [0, 0.1) is 11.7 Å². The van der Waals surface area contributed by atoms with Crippen molar-refractivity contribution in [3.05, 3.63) is 35.6 Å². The first-order valence-corrected chi connectivity index (χ1v) is 9.45. The number of aliphatic imine (C=N–C) groups is 1. The van der Waals surface area contributed by atoms with E-state index < -0.39 is 0 Å². The van der Waals surface area contributed by atoms with Gasteiger partial charge in [-0.2, -0.15) is 0 Å². The highest BCUT2D eigenvalue weighted by molar-refractivity contribution is 5.79. The molecule has 1 aliphatic heterocycles. The Balaban J connectivity index is 1.94. The van der Waals surface area contributed by atoms with E-state index in [0.717, 1.165) is 37.7 Å². The summed E-state index contributed by atoms with van der Waals surface area (Å²) in [6, 6.07) is 6.82. The normalized spacial score (nSPS) is 19.2. The lowest BCUT2D eigenvalue weighted by atomic mass is 9.85. The first kappa shape index (κ1) is 19.7. The van der Waals surface area contributed by atoms with E-state index in [1.165, 1.54) is 19.0 Å². The highest BCUT2D eigenvalue weighted by Gasteiger charge is 2.22. The summed E-state index contributed by atoms with van der Waals surface area (Å²) in [5.74, 6) is 1.34. The zero-order valence-electron chi connectivity index (χ0n) is 16.1. The molecule has 0 radical (unpaired) electrons. The molecule has 1 atom stereocenters. The molecule has 1 aliphatic rings. The largest absolute Gasteiger partial charge is 0.357 e. The van der Waals surface area contributed by atoms with Crippen molar-refractivity contribution in [2.75, 3.05) is 39.3 Å². The lowest BCUT2D eigenvalue weighted by molar-refractivity contribution is 0.341. The molecular formula is C20H33FN4. The summed E-state index contributed by atoms with van der Waals surface area (Å²) in [7, 11) is 0. The predicted molar refractivity (Wildman–Crippen MR) is 104 cm³/mol. The Hall–Kier alpha value is -1.62. The molecule has 0 aliphatic carbocycles. The van der Waals surface area contributed by atoms with Crippen molar-refractivity contribution in [2.24, 2.45) is 10.9 Å². The van der Waals surface area contributed by atoms with Gasteiger partial charge in [-0.3, -0.25) is 4.99 Å². The number of benzene rings is 1. The number of likely N-dealkylation sites (tertiary alicyclic amines) is 1. The molecule has 0 spiro atoms. The molecule has 1 aromatic rings. The summed E-state index contributed by atoms with van der Waals surface area (Å²) in [4.78, 5) is 7.24. The van der Waals surface area contributed by atoms with Gasteiger partial charge < -0.3 is 15.5 Å². The van der Waals surface area contributed by atoms with Gasteiger partial charge in [0.2, 0.25) is 0 Å². The van der Waals surface area contributed by atoms with Crippen molar-refractivity contribution in [3.63, 3.8) is 0 Å². The summed E-state index contributed by atoms with van der Waals surface area (Å²) in [6.07, 6.45) is 1.25. The second-order valence-corrected chi connectivity index (χ2v) is 7.52. The van der Waals surface area contributed by atoms with Crippen molar-refractivity contribution in [3.8, 4) is 0 Å². The Morgan fingerprint density at radius 3 is 2.76 bits per heavy atom. The fourth-order valence-corrected chi connectivity index (χ4v) is 3.23. The van der Waals surface area contributed by atoms with Gasteiger partial charge in [-0.1, -0.05) is 32.9 Å². The number of nitrogens with zero attached hydrogens (tertiary/aromatic N) is 2. The van der Waals surface area contributed by atoms with E-state index in [9.17, 15) is 4.39 Å². The molecule has 25 heavy (non-hydrogen) atoms. The molecule has 140 valence electrons. The standard InChI is InChI=1S/C20H33FN4/c1-5-22-19(23-13-16-10-11-25(6-2)14-16)24-15-20(3,4)17-8-7-9-18(21)12-17/h7-9,12,16H,5-6,10-11,13-15H2,1-4H3,(H2,22,23,24). The van der Waals surface area contributed by atoms with Gasteiger partial charge in [-0.05, 0) is 50.0 Å². The van der Waals surface area contributed by atoms with Crippen LogP contribution in [-0.4, -0.2) is 50.1 Å². The summed E-state index contributed by atoms with van der Waals surface area (Å²) < 4.78 is 13.5. The van der Waals surface area contributed by atoms with Crippen LogP contribution < -0.4 is 10.6 Å². The monoisotopic (exact) mass is 348 g/mol. The smallest absolute Gasteiger partial charge is 0.191 e. The highest BCUT2D eigenvalue weighted by Crippen LogP contribution is 2.24. The Morgan fingerprint density at radius 1 is 1.32 bits per heavy atom. The van der Waals surface area contributed by atoms with E-state index >= 15 is 0 Å². The lowest BCUT2D eigenvalue weighted by Gasteiger charge is -2.24. The zero-order chi connectivity index (χ0) is 18.3. The fraction of sp³-hybridized carbons (Fsp3) is 0.650. The van der Waals surface area contributed by atoms with E-state index in [0.29, 0.717) is 12.5 Å². The van der Waals surface area contributed by atoms with Gasteiger partial charge >= 0.3 is 0 Å². The van der Waals surface area contributed by atoms with Gasteiger partial charge in [0.05, 0.1) is 6.54 Å². The number of nitrogens with one attached hydrogen (secondary N) is 2. The quantitative estimate of drug-likeness (QED) is 0.588. The number of guanidine groups is 1. The molecule has 0 bridgehead atoms. The van der Waals surface area contributed by atoms with Crippen molar-refractivity contribution in [1.82, 2.24) is 15.5 Å². The fourth-order valence-electron chi connectivity index (χ4n) is 3.23. The molecule has 1 saturated heterocycles. The van der Waals surface area contributed by atoms with E-state index in [-0.39, 0.29) is 11.2 Å². The maximum absolute atomic E-state index is 13.5. The number of hydrogen-bond acceptors (Lipinski definition) is 2. The van der Waals surface area contributed by atoms with Crippen molar-refractivity contribution >= 4 is 5.96 Å². The molecule has 2 rings (SSSR count). The molecule has 0 saturated carbocycles. The molecule has 0 aromatic heterocycles. The molecule has 5 heteroatoms.